The van der Waals surface area contributed by atoms with Crippen LogP contribution in [0.25, 0.3) is 10.9 Å². The van der Waals surface area contributed by atoms with Gasteiger partial charge in [-0.05, 0) is 49.6 Å². The number of carbonyl (C=O) groups excluding carboxylic acids is 1. The van der Waals surface area contributed by atoms with E-state index in [-0.39, 0.29) is 11.7 Å². The van der Waals surface area contributed by atoms with Crippen molar-refractivity contribution >= 4 is 16.7 Å². The topological polar surface area (TPSA) is 56.0 Å². The first-order valence-corrected chi connectivity index (χ1v) is 6.88. The molecule has 0 bridgehead atoms. The van der Waals surface area contributed by atoms with Gasteiger partial charge in [-0.2, -0.15) is 0 Å². The summed E-state index contributed by atoms with van der Waals surface area (Å²) in [4.78, 5) is 16.9. The summed E-state index contributed by atoms with van der Waals surface area (Å²) < 4.78 is 0. The molecule has 1 aliphatic carbocycles. The minimum Gasteiger partial charge on any atom is -0.330 e. The highest BCUT2D eigenvalue weighted by molar-refractivity contribution is 6.01. The average molecular weight is 254 g/mol. The number of nitrogens with zero attached hydrogens (tertiary/aromatic N) is 1. The third-order valence-corrected chi connectivity index (χ3v) is 4.19. The molecule has 98 valence electrons. The van der Waals surface area contributed by atoms with Crippen LogP contribution in [0.1, 0.15) is 29.6 Å². The lowest BCUT2D eigenvalue weighted by molar-refractivity contribution is 0.0893. The van der Waals surface area contributed by atoms with E-state index in [2.05, 4.69) is 4.98 Å². The summed E-state index contributed by atoms with van der Waals surface area (Å²) in [7, 11) is 0. The van der Waals surface area contributed by atoms with Gasteiger partial charge >= 0.3 is 0 Å². The molecule has 0 saturated heterocycles. The Labute approximate surface area is 112 Å². The number of rotatable bonds is 3. The molecule has 2 unspecified atom stereocenters. The molecule has 1 aromatic heterocycles. The molecule has 1 aliphatic rings. The maximum atomic E-state index is 12.6. The monoisotopic (exact) mass is 254 g/mol. The Morgan fingerprint density at radius 1 is 1.32 bits per heavy atom. The number of aromatic nitrogens is 1. The van der Waals surface area contributed by atoms with Crippen molar-refractivity contribution in [3.63, 3.8) is 0 Å². The van der Waals surface area contributed by atoms with Crippen LogP contribution in [0.3, 0.4) is 0 Å². The molecular formula is C16H18N2O. The predicted octanol–water partition coefficient (Wildman–Crippen LogP) is 2.79. The van der Waals surface area contributed by atoms with Crippen molar-refractivity contribution in [2.75, 3.05) is 6.54 Å². The normalized spacial score (nSPS) is 22.8. The first-order chi connectivity index (χ1) is 9.29. The smallest absolute Gasteiger partial charge is 0.166 e. The number of ketones is 1. The summed E-state index contributed by atoms with van der Waals surface area (Å²) >= 11 is 0. The van der Waals surface area contributed by atoms with Crippen molar-refractivity contribution in [3.05, 3.63) is 42.1 Å². The predicted molar refractivity (Wildman–Crippen MR) is 76.0 cm³/mol. The molecule has 3 rings (SSSR count). The highest BCUT2D eigenvalue weighted by Crippen LogP contribution is 2.33. The third-order valence-electron chi connectivity index (χ3n) is 4.19. The molecule has 0 amide bonds. The van der Waals surface area contributed by atoms with Crippen molar-refractivity contribution in [2.45, 2.75) is 19.3 Å². The minimum atomic E-state index is 0.110. The number of carbonyl (C=O) groups is 1. The standard InChI is InChI=1S/C16H18N2O/c17-10-13-3-1-5-14(13)16(19)12-6-7-15-11(9-12)4-2-8-18-15/h2,4,6-9,13-14H,1,3,5,10,17H2. The third kappa shape index (κ3) is 2.26. The van der Waals surface area contributed by atoms with Gasteiger partial charge in [0.05, 0.1) is 5.52 Å². The molecule has 2 atom stereocenters. The highest BCUT2D eigenvalue weighted by Gasteiger charge is 2.32. The molecular weight excluding hydrogens is 236 g/mol. The Bertz CT molecular complexity index is 608. The fraction of sp³-hybridized carbons (Fsp3) is 0.375. The van der Waals surface area contributed by atoms with Gasteiger partial charge in [0.1, 0.15) is 0 Å². The van der Waals surface area contributed by atoms with E-state index in [1.807, 2.05) is 30.3 Å². The molecule has 1 heterocycles. The van der Waals surface area contributed by atoms with Gasteiger partial charge in [-0.25, -0.2) is 0 Å². The summed E-state index contributed by atoms with van der Waals surface area (Å²) in [5.74, 6) is 0.718. The summed E-state index contributed by atoms with van der Waals surface area (Å²) in [6.07, 6.45) is 4.95. The van der Waals surface area contributed by atoms with Gasteiger partial charge in [0.25, 0.3) is 0 Å². The SMILES string of the molecule is NCC1CCCC1C(=O)c1ccc2ncccc2c1. The molecule has 2 aromatic rings. The summed E-state index contributed by atoms with van der Waals surface area (Å²) in [6, 6.07) is 9.66. The van der Waals surface area contributed by atoms with Gasteiger partial charge in [-0.3, -0.25) is 9.78 Å². The molecule has 3 heteroatoms. The van der Waals surface area contributed by atoms with Crippen molar-refractivity contribution in [1.29, 1.82) is 0 Å². The quantitative estimate of drug-likeness (QED) is 0.857. The lowest BCUT2D eigenvalue weighted by atomic mass is 9.88. The van der Waals surface area contributed by atoms with E-state index < -0.39 is 0 Å². The van der Waals surface area contributed by atoms with Gasteiger partial charge in [-0.1, -0.05) is 12.5 Å². The first kappa shape index (κ1) is 12.3. The van der Waals surface area contributed by atoms with Gasteiger partial charge in [-0.15, -0.1) is 0 Å². The summed E-state index contributed by atoms with van der Waals surface area (Å²) in [5.41, 5.74) is 7.50. The van der Waals surface area contributed by atoms with Crippen molar-refractivity contribution in [2.24, 2.45) is 17.6 Å². The molecule has 0 spiro atoms. The lowest BCUT2D eigenvalue weighted by Crippen LogP contribution is -2.25. The van der Waals surface area contributed by atoms with Crippen molar-refractivity contribution in [3.8, 4) is 0 Å². The molecule has 3 nitrogen and oxygen atoms in total. The van der Waals surface area contributed by atoms with E-state index in [0.29, 0.717) is 12.5 Å². The Kier molecular flexibility index (Phi) is 3.30. The Balaban J connectivity index is 1.93. The fourth-order valence-electron chi connectivity index (χ4n) is 3.11. The first-order valence-electron chi connectivity index (χ1n) is 6.88. The number of fused-ring (bicyclic) bond motifs is 1. The number of pyridine rings is 1. The largest absolute Gasteiger partial charge is 0.330 e. The van der Waals surface area contributed by atoms with Gasteiger partial charge in [0.15, 0.2) is 5.78 Å². The minimum absolute atomic E-state index is 0.110. The molecule has 1 aromatic carbocycles. The second-order valence-corrected chi connectivity index (χ2v) is 5.31. The zero-order valence-electron chi connectivity index (χ0n) is 10.9. The van der Waals surface area contributed by atoms with Crippen LogP contribution in [0.2, 0.25) is 0 Å². The van der Waals surface area contributed by atoms with E-state index in [9.17, 15) is 4.79 Å². The Morgan fingerprint density at radius 3 is 3.05 bits per heavy atom. The van der Waals surface area contributed by atoms with Gasteiger partial charge in [0.2, 0.25) is 0 Å². The maximum absolute atomic E-state index is 12.6. The summed E-state index contributed by atoms with van der Waals surface area (Å²) in [5, 5.41) is 1.02. The molecule has 1 saturated carbocycles. The lowest BCUT2D eigenvalue weighted by Gasteiger charge is -2.16. The molecule has 0 aliphatic heterocycles. The van der Waals surface area contributed by atoms with Gasteiger partial charge < -0.3 is 5.73 Å². The molecule has 1 fully saturated rings. The van der Waals surface area contributed by atoms with Gasteiger partial charge in [0, 0.05) is 23.1 Å². The number of hydrogen-bond acceptors (Lipinski definition) is 3. The van der Waals surface area contributed by atoms with E-state index in [0.717, 1.165) is 35.7 Å². The Hall–Kier alpha value is -1.74. The second kappa shape index (κ2) is 5.10. The van der Waals surface area contributed by atoms with E-state index >= 15 is 0 Å². The van der Waals surface area contributed by atoms with E-state index in [4.69, 9.17) is 5.73 Å². The average Bonchev–Trinajstić information content (AvgIpc) is 2.94. The van der Waals surface area contributed by atoms with Crippen LogP contribution >= 0.6 is 0 Å². The van der Waals surface area contributed by atoms with Crippen LogP contribution in [-0.4, -0.2) is 17.3 Å². The molecule has 0 radical (unpaired) electrons. The second-order valence-electron chi connectivity index (χ2n) is 5.31. The summed E-state index contributed by atoms with van der Waals surface area (Å²) in [6.45, 7) is 0.617. The maximum Gasteiger partial charge on any atom is 0.166 e. The number of Topliss-reactive ketones (excluding diaryl/α,β-unsaturated/α-hetero) is 1. The van der Waals surface area contributed by atoms with Crippen LogP contribution in [0, 0.1) is 11.8 Å². The van der Waals surface area contributed by atoms with E-state index in [1.165, 1.54) is 0 Å². The van der Waals surface area contributed by atoms with Crippen molar-refractivity contribution in [1.82, 2.24) is 4.98 Å². The van der Waals surface area contributed by atoms with Crippen LogP contribution in [0.4, 0.5) is 0 Å². The zero-order valence-corrected chi connectivity index (χ0v) is 10.9. The van der Waals surface area contributed by atoms with Crippen LogP contribution < -0.4 is 5.73 Å². The number of nitrogens with two attached hydrogens (primary N) is 1. The van der Waals surface area contributed by atoms with Crippen LogP contribution in [0.5, 0.6) is 0 Å². The fourth-order valence-corrected chi connectivity index (χ4v) is 3.11. The van der Waals surface area contributed by atoms with Crippen LogP contribution in [-0.2, 0) is 0 Å². The van der Waals surface area contributed by atoms with Crippen LogP contribution in [0.15, 0.2) is 36.5 Å². The number of hydrogen-bond donors (Lipinski definition) is 1. The van der Waals surface area contributed by atoms with E-state index in [1.54, 1.807) is 6.20 Å². The highest BCUT2D eigenvalue weighted by atomic mass is 16.1. The molecule has 2 N–H and O–H groups in total. The van der Waals surface area contributed by atoms with Crippen molar-refractivity contribution < 1.29 is 4.79 Å². The number of benzene rings is 1. The molecule has 19 heavy (non-hydrogen) atoms. The zero-order chi connectivity index (χ0) is 13.2. The Morgan fingerprint density at radius 2 is 2.21 bits per heavy atom.